The van der Waals surface area contributed by atoms with Crippen molar-refractivity contribution in [2.75, 3.05) is 19.0 Å². The lowest BCUT2D eigenvalue weighted by atomic mass is 9.77. The van der Waals surface area contributed by atoms with E-state index in [0.29, 0.717) is 6.42 Å². The van der Waals surface area contributed by atoms with Gasteiger partial charge in [-0.1, -0.05) is 12.1 Å². The number of Topliss-reactive ketones (excluding diaryl/α,β-unsaturated/α-hetero) is 1. The molecule has 5 heteroatoms. The van der Waals surface area contributed by atoms with Gasteiger partial charge in [-0.25, -0.2) is 0 Å². The Balaban J connectivity index is 1.79. The molecule has 0 aromatic heterocycles. The first-order chi connectivity index (χ1) is 11.6. The molecule has 0 amide bonds. The molecule has 2 unspecified atom stereocenters. The fraction of sp³-hybridized carbons (Fsp3) is 0.421. The second-order valence-electron chi connectivity index (χ2n) is 6.89. The van der Waals surface area contributed by atoms with Gasteiger partial charge < -0.3 is 10.2 Å². The van der Waals surface area contributed by atoms with Crippen LogP contribution in [0.5, 0.6) is 0 Å². The average Bonchev–Trinajstić information content (AvgIpc) is 2.96. The molecule has 0 radical (unpaired) electrons. The van der Waals surface area contributed by atoms with Gasteiger partial charge in [-0.3, -0.25) is 4.79 Å². The molecule has 3 aliphatic rings. The topological polar surface area (TPSA) is 57.1 Å². The third kappa shape index (κ3) is 2.27. The first-order valence-electron chi connectivity index (χ1n) is 8.51. The highest BCUT2D eigenvalue weighted by Gasteiger charge is 2.38. The molecule has 0 spiro atoms. The lowest BCUT2D eigenvalue weighted by molar-refractivity contribution is -0.116. The molecule has 1 aromatic carbocycles. The molecule has 1 N–H and O–H groups in total. The van der Waals surface area contributed by atoms with Crippen molar-refractivity contribution in [3.05, 3.63) is 52.4 Å². The number of azo groups is 1. The third-order valence-electron chi connectivity index (χ3n) is 5.10. The summed E-state index contributed by atoms with van der Waals surface area (Å²) in [5.41, 5.74) is 5.48. The van der Waals surface area contributed by atoms with Gasteiger partial charge >= 0.3 is 0 Å². The van der Waals surface area contributed by atoms with Gasteiger partial charge in [0.15, 0.2) is 11.6 Å². The van der Waals surface area contributed by atoms with E-state index in [1.807, 2.05) is 21.0 Å². The van der Waals surface area contributed by atoms with Crippen LogP contribution < -0.4 is 10.2 Å². The van der Waals surface area contributed by atoms with Gasteiger partial charge in [0.1, 0.15) is 0 Å². The molecular formula is C19H22N4O. The molecule has 2 heterocycles. The Bertz CT molecular complexity index is 786. The minimum atomic E-state index is -0.119. The highest BCUT2D eigenvalue weighted by atomic mass is 16.1. The summed E-state index contributed by atoms with van der Waals surface area (Å²) in [5, 5.41) is 12.1. The number of hydrogen-bond donors (Lipinski definition) is 1. The van der Waals surface area contributed by atoms with Gasteiger partial charge in [0.05, 0.1) is 12.1 Å². The van der Waals surface area contributed by atoms with Gasteiger partial charge in [-0.15, -0.1) is 5.11 Å². The van der Waals surface area contributed by atoms with Crippen LogP contribution in [-0.2, 0) is 4.79 Å². The molecule has 0 fully saturated rings. The molecule has 4 rings (SSSR count). The molecule has 1 aromatic rings. The van der Waals surface area contributed by atoms with Crippen molar-refractivity contribution < 1.29 is 4.79 Å². The van der Waals surface area contributed by atoms with Crippen molar-refractivity contribution >= 4 is 11.5 Å². The Labute approximate surface area is 142 Å². The summed E-state index contributed by atoms with van der Waals surface area (Å²) >= 11 is 0. The maximum atomic E-state index is 12.7. The Kier molecular flexibility index (Phi) is 3.52. The van der Waals surface area contributed by atoms with Crippen molar-refractivity contribution in [2.45, 2.75) is 38.3 Å². The van der Waals surface area contributed by atoms with E-state index < -0.39 is 0 Å². The summed E-state index contributed by atoms with van der Waals surface area (Å²) in [6.07, 6.45) is 2.51. The molecule has 2 aliphatic heterocycles. The quantitative estimate of drug-likeness (QED) is 0.906. The van der Waals surface area contributed by atoms with Gasteiger partial charge in [0.25, 0.3) is 0 Å². The minimum Gasteiger partial charge on any atom is -0.378 e. The minimum absolute atomic E-state index is 0.0421. The van der Waals surface area contributed by atoms with E-state index in [4.69, 9.17) is 0 Å². The van der Waals surface area contributed by atoms with E-state index in [9.17, 15) is 4.79 Å². The van der Waals surface area contributed by atoms with Crippen LogP contribution in [0.15, 0.2) is 57.0 Å². The van der Waals surface area contributed by atoms with Gasteiger partial charge in [0, 0.05) is 37.3 Å². The van der Waals surface area contributed by atoms with Gasteiger partial charge in [-0.05, 0) is 43.0 Å². The molecule has 2 atom stereocenters. The van der Waals surface area contributed by atoms with Gasteiger partial charge in [-0.2, -0.15) is 5.11 Å². The van der Waals surface area contributed by atoms with Crippen LogP contribution in [0.4, 0.5) is 5.69 Å². The number of nitrogens with zero attached hydrogens (tertiary/aromatic N) is 3. The largest absolute Gasteiger partial charge is 0.378 e. The summed E-state index contributed by atoms with van der Waals surface area (Å²) in [6, 6.07) is 8.30. The number of dihydropyridines is 1. The Hall–Kier alpha value is -2.43. The van der Waals surface area contributed by atoms with E-state index >= 15 is 0 Å². The molecule has 0 bridgehead atoms. The second-order valence-corrected chi connectivity index (χ2v) is 6.89. The molecule has 5 nitrogen and oxygen atoms in total. The second kappa shape index (κ2) is 5.58. The number of nitrogens with one attached hydrogen (secondary N) is 1. The number of carbonyl (C=O) groups excluding carboxylic acids is 1. The number of fused-ring (bicyclic) bond motifs is 1. The molecular weight excluding hydrogens is 300 g/mol. The summed E-state index contributed by atoms with van der Waals surface area (Å²) in [6.45, 7) is 2.05. The fourth-order valence-electron chi connectivity index (χ4n) is 3.86. The summed E-state index contributed by atoms with van der Waals surface area (Å²) < 4.78 is 0. The van der Waals surface area contributed by atoms with E-state index in [1.165, 1.54) is 5.57 Å². The van der Waals surface area contributed by atoms with E-state index in [-0.39, 0.29) is 17.9 Å². The molecule has 124 valence electrons. The molecule has 24 heavy (non-hydrogen) atoms. The lowest BCUT2D eigenvalue weighted by Gasteiger charge is -2.33. The first kappa shape index (κ1) is 15.1. The SMILES string of the molecule is CC1N=NC2=C1C1=C(C(=O)CCC1)C(c1ccc(N(C)C)cc1)N2. The Morgan fingerprint density at radius 2 is 1.88 bits per heavy atom. The zero-order valence-electron chi connectivity index (χ0n) is 14.3. The number of rotatable bonds is 2. The number of ketones is 1. The predicted octanol–water partition coefficient (Wildman–Crippen LogP) is 3.51. The summed E-state index contributed by atoms with van der Waals surface area (Å²) in [5.74, 6) is 1.11. The van der Waals surface area contributed by atoms with Gasteiger partial charge in [0.2, 0.25) is 0 Å². The highest BCUT2D eigenvalue weighted by Crippen LogP contribution is 2.44. The monoisotopic (exact) mass is 322 g/mol. The van der Waals surface area contributed by atoms with Crippen LogP contribution in [0.1, 0.15) is 37.8 Å². The van der Waals surface area contributed by atoms with Crippen molar-refractivity contribution in [1.29, 1.82) is 0 Å². The Morgan fingerprint density at radius 3 is 2.58 bits per heavy atom. The fourth-order valence-corrected chi connectivity index (χ4v) is 3.86. The number of carbonyl (C=O) groups is 1. The summed E-state index contributed by atoms with van der Waals surface area (Å²) in [7, 11) is 4.05. The van der Waals surface area contributed by atoms with Crippen LogP contribution in [0, 0.1) is 0 Å². The van der Waals surface area contributed by atoms with E-state index in [1.54, 1.807) is 0 Å². The molecule has 0 saturated heterocycles. The Morgan fingerprint density at radius 1 is 1.12 bits per heavy atom. The van der Waals surface area contributed by atoms with Crippen LogP contribution in [-0.4, -0.2) is 25.9 Å². The maximum Gasteiger partial charge on any atom is 0.161 e. The van der Waals surface area contributed by atoms with E-state index in [0.717, 1.165) is 41.1 Å². The average molecular weight is 322 g/mol. The number of hydrogen-bond acceptors (Lipinski definition) is 5. The van der Waals surface area contributed by atoms with Crippen LogP contribution >= 0.6 is 0 Å². The molecule has 0 saturated carbocycles. The number of benzene rings is 1. The summed E-state index contributed by atoms with van der Waals surface area (Å²) in [4.78, 5) is 14.8. The lowest BCUT2D eigenvalue weighted by Crippen LogP contribution is -2.34. The molecule has 1 aliphatic carbocycles. The predicted molar refractivity (Wildman–Crippen MR) is 93.9 cm³/mol. The van der Waals surface area contributed by atoms with Crippen LogP contribution in [0.3, 0.4) is 0 Å². The number of anilines is 1. The van der Waals surface area contributed by atoms with Crippen LogP contribution in [0.2, 0.25) is 0 Å². The maximum absolute atomic E-state index is 12.7. The zero-order valence-corrected chi connectivity index (χ0v) is 14.3. The first-order valence-corrected chi connectivity index (χ1v) is 8.51. The standard InChI is InChI=1S/C19H22N4O/c1-11-16-14-5-4-6-15(24)17(14)18(20-19(16)22-21-11)12-7-9-13(10-8-12)23(2)3/h7-11,18,20H,4-6H2,1-3H3. The van der Waals surface area contributed by atoms with Crippen molar-refractivity contribution in [3.63, 3.8) is 0 Å². The normalized spacial score (nSPS) is 25.5. The van der Waals surface area contributed by atoms with Crippen molar-refractivity contribution in [1.82, 2.24) is 5.32 Å². The van der Waals surface area contributed by atoms with Crippen molar-refractivity contribution in [3.8, 4) is 0 Å². The van der Waals surface area contributed by atoms with Crippen LogP contribution in [0.25, 0.3) is 0 Å². The third-order valence-corrected chi connectivity index (χ3v) is 5.10. The van der Waals surface area contributed by atoms with Crippen molar-refractivity contribution in [2.24, 2.45) is 10.2 Å². The zero-order chi connectivity index (χ0) is 16.8. The highest BCUT2D eigenvalue weighted by molar-refractivity contribution is 5.99. The smallest absolute Gasteiger partial charge is 0.161 e. The van der Waals surface area contributed by atoms with E-state index in [2.05, 4.69) is 44.7 Å².